The highest BCUT2D eigenvalue weighted by Gasteiger charge is 2.20. The Morgan fingerprint density at radius 1 is 1.53 bits per heavy atom. The number of nitrogens with two attached hydrogens (primary N) is 1. The molecule has 5 heteroatoms. The van der Waals surface area contributed by atoms with Crippen LogP contribution in [0.5, 0.6) is 0 Å². The first-order chi connectivity index (χ1) is 9.26. The van der Waals surface area contributed by atoms with Gasteiger partial charge in [-0.3, -0.25) is 0 Å². The van der Waals surface area contributed by atoms with E-state index < -0.39 is 0 Å². The molecule has 1 unspecified atom stereocenters. The van der Waals surface area contributed by atoms with Gasteiger partial charge in [0.2, 0.25) is 5.95 Å². The van der Waals surface area contributed by atoms with Crippen molar-refractivity contribution in [3.8, 4) is 0 Å². The maximum absolute atomic E-state index is 5.79. The number of nitrogen functional groups attached to an aromatic ring is 1. The molecule has 0 saturated carbocycles. The summed E-state index contributed by atoms with van der Waals surface area (Å²) in [6.07, 6.45) is 2.64. The zero-order chi connectivity index (χ0) is 13.2. The number of ether oxygens (including phenoxy) is 1. The molecule has 1 aliphatic heterocycles. The van der Waals surface area contributed by atoms with Gasteiger partial charge < -0.3 is 20.4 Å². The van der Waals surface area contributed by atoms with Crippen molar-refractivity contribution in [2.45, 2.75) is 25.9 Å². The number of nitrogens with zero attached hydrogens (tertiary/aromatic N) is 2. The van der Waals surface area contributed by atoms with Crippen LogP contribution >= 0.6 is 0 Å². The predicted molar refractivity (Wildman–Crippen MR) is 77.4 cm³/mol. The van der Waals surface area contributed by atoms with E-state index in [1.54, 1.807) is 0 Å². The van der Waals surface area contributed by atoms with Crippen LogP contribution in [-0.2, 0) is 4.74 Å². The number of anilines is 2. The number of nitrogens with one attached hydrogen (secondary N) is 1. The average molecular weight is 260 g/mol. The van der Waals surface area contributed by atoms with Crippen molar-refractivity contribution in [2.75, 3.05) is 30.3 Å². The molecule has 2 aromatic rings. The van der Waals surface area contributed by atoms with Gasteiger partial charge in [-0.1, -0.05) is 0 Å². The summed E-state index contributed by atoms with van der Waals surface area (Å²) >= 11 is 0. The summed E-state index contributed by atoms with van der Waals surface area (Å²) in [4.78, 5) is 10.2. The molecule has 0 bridgehead atoms. The van der Waals surface area contributed by atoms with Gasteiger partial charge in [-0.25, -0.2) is 4.98 Å². The minimum atomic E-state index is 0.332. The monoisotopic (exact) mass is 260 g/mol. The van der Waals surface area contributed by atoms with Crippen LogP contribution in [0.4, 0.5) is 11.6 Å². The number of imidazole rings is 1. The maximum Gasteiger partial charge on any atom is 0.203 e. The number of rotatable bonds is 4. The van der Waals surface area contributed by atoms with Crippen molar-refractivity contribution in [3.63, 3.8) is 0 Å². The fourth-order valence-corrected chi connectivity index (χ4v) is 2.56. The smallest absolute Gasteiger partial charge is 0.203 e. The van der Waals surface area contributed by atoms with Crippen LogP contribution in [0.1, 0.15) is 19.8 Å². The van der Waals surface area contributed by atoms with E-state index in [-0.39, 0.29) is 0 Å². The molecule has 0 aliphatic carbocycles. The Morgan fingerprint density at radius 3 is 3.16 bits per heavy atom. The number of aromatic amines is 1. The number of H-pyrrole nitrogens is 1. The van der Waals surface area contributed by atoms with Gasteiger partial charge in [0.15, 0.2) is 0 Å². The molecule has 19 heavy (non-hydrogen) atoms. The van der Waals surface area contributed by atoms with Gasteiger partial charge in [0.05, 0.1) is 17.1 Å². The van der Waals surface area contributed by atoms with E-state index in [1.807, 2.05) is 18.2 Å². The van der Waals surface area contributed by atoms with Crippen LogP contribution in [0.3, 0.4) is 0 Å². The Hall–Kier alpha value is -1.75. The number of hydrogen-bond donors (Lipinski definition) is 2. The van der Waals surface area contributed by atoms with E-state index in [1.165, 1.54) is 6.42 Å². The first kappa shape index (κ1) is 12.3. The average Bonchev–Trinajstić information content (AvgIpc) is 3.03. The second-order valence-electron chi connectivity index (χ2n) is 5.01. The summed E-state index contributed by atoms with van der Waals surface area (Å²) in [7, 11) is 0. The molecular formula is C14H20N4O. The van der Waals surface area contributed by atoms with Gasteiger partial charge in [-0.05, 0) is 38.0 Å². The molecule has 0 amide bonds. The van der Waals surface area contributed by atoms with Crippen LogP contribution < -0.4 is 10.6 Å². The molecule has 3 rings (SSSR count). The third-order valence-corrected chi connectivity index (χ3v) is 3.62. The van der Waals surface area contributed by atoms with Crippen LogP contribution in [0, 0.1) is 0 Å². The lowest BCUT2D eigenvalue weighted by Crippen LogP contribution is -2.32. The fourth-order valence-electron chi connectivity index (χ4n) is 2.56. The lowest BCUT2D eigenvalue weighted by Gasteiger charge is -2.23. The third-order valence-electron chi connectivity index (χ3n) is 3.62. The zero-order valence-corrected chi connectivity index (χ0v) is 11.2. The Labute approximate surface area is 112 Å². The second-order valence-corrected chi connectivity index (χ2v) is 5.01. The van der Waals surface area contributed by atoms with E-state index >= 15 is 0 Å². The molecule has 1 aromatic carbocycles. The van der Waals surface area contributed by atoms with Crippen molar-refractivity contribution >= 4 is 22.7 Å². The minimum absolute atomic E-state index is 0.332. The SMILES string of the molecule is CCN(CC1CCCO1)c1nc2ccc(N)cc2[nH]1. The second kappa shape index (κ2) is 5.09. The van der Waals surface area contributed by atoms with E-state index in [0.29, 0.717) is 6.10 Å². The Kier molecular flexibility index (Phi) is 3.29. The minimum Gasteiger partial charge on any atom is -0.399 e. The normalized spacial score (nSPS) is 19.1. The quantitative estimate of drug-likeness (QED) is 0.827. The van der Waals surface area contributed by atoms with Gasteiger partial charge in [0, 0.05) is 25.4 Å². The van der Waals surface area contributed by atoms with E-state index in [4.69, 9.17) is 10.5 Å². The van der Waals surface area contributed by atoms with Gasteiger partial charge in [-0.15, -0.1) is 0 Å². The third kappa shape index (κ3) is 2.51. The molecule has 102 valence electrons. The van der Waals surface area contributed by atoms with Crippen molar-refractivity contribution in [1.29, 1.82) is 0 Å². The molecule has 0 radical (unpaired) electrons. The molecule has 5 nitrogen and oxygen atoms in total. The number of benzene rings is 1. The van der Waals surface area contributed by atoms with Gasteiger partial charge >= 0.3 is 0 Å². The summed E-state index contributed by atoms with van der Waals surface area (Å²) in [6.45, 7) is 4.83. The molecule has 1 aromatic heterocycles. The first-order valence-electron chi connectivity index (χ1n) is 6.88. The molecule has 1 atom stereocenters. The summed E-state index contributed by atoms with van der Waals surface area (Å²) in [5.74, 6) is 0.901. The van der Waals surface area contributed by atoms with Crippen LogP contribution in [0.2, 0.25) is 0 Å². The maximum atomic E-state index is 5.79. The predicted octanol–water partition coefficient (Wildman–Crippen LogP) is 2.15. The van der Waals surface area contributed by atoms with E-state index in [2.05, 4.69) is 21.8 Å². The summed E-state index contributed by atoms with van der Waals surface area (Å²) in [5.41, 5.74) is 8.49. The number of likely N-dealkylation sites (N-methyl/N-ethyl adjacent to an activating group) is 1. The van der Waals surface area contributed by atoms with E-state index in [9.17, 15) is 0 Å². The molecule has 3 N–H and O–H groups in total. The Morgan fingerprint density at radius 2 is 2.42 bits per heavy atom. The van der Waals surface area contributed by atoms with Crippen LogP contribution in [0.25, 0.3) is 11.0 Å². The molecule has 2 heterocycles. The molecule has 1 saturated heterocycles. The standard InChI is InChI=1S/C14H20N4O/c1-2-18(9-11-4-3-7-19-11)14-16-12-6-5-10(15)8-13(12)17-14/h5-6,8,11H,2-4,7,9,15H2,1H3,(H,16,17). The Bertz CT molecular complexity index is 560. The van der Waals surface area contributed by atoms with Crippen LogP contribution in [0.15, 0.2) is 18.2 Å². The van der Waals surface area contributed by atoms with Gasteiger partial charge in [-0.2, -0.15) is 0 Å². The highest BCUT2D eigenvalue weighted by atomic mass is 16.5. The van der Waals surface area contributed by atoms with Gasteiger partial charge in [0.25, 0.3) is 0 Å². The van der Waals surface area contributed by atoms with Crippen LogP contribution in [-0.4, -0.2) is 35.8 Å². The highest BCUT2D eigenvalue weighted by Crippen LogP contribution is 2.21. The topological polar surface area (TPSA) is 67.2 Å². The highest BCUT2D eigenvalue weighted by molar-refractivity contribution is 5.80. The number of fused-ring (bicyclic) bond motifs is 1. The summed E-state index contributed by atoms with van der Waals surface area (Å²) in [5, 5.41) is 0. The van der Waals surface area contributed by atoms with Gasteiger partial charge in [0.1, 0.15) is 0 Å². The molecule has 1 aliphatic rings. The van der Waals surface area contributed by atoms with Crippen molar-refractivity contribution in [1.82, 2.24) is 9.97 Å². The summed E-state index contributed by atoms with van der Waals surface area (Å²) in [6, 6.07) is 5.75. The molecule has 1 fully saturated rings. The summed E-state index contributed by atoms with van der Waals surface area (Å²) < 4.78 is 5.70. The number of hydrogen-bond acceptors (Lipinski definition) is 4. The lowest BCUT2D eigenvalue weighted by molar-refractivity contribution is 0.115. The fraction of sp³-hybridized carbons (Fsp3) is 0.500. The first-order valence-corrected chi connectivity index (χ1v) is 6.88. The molecule has 0 spiro atoms. The number of aromatic nitrogens is 2. The van der Waals surface area contributed by atoms with Crippen molar-refractivity contribution in [2.24, 2.45) is 0 Å². The van der Waals surface area contributed by atoms with Crippen molar-refractivity contribution in [3.05, 3.63) is 18.2 Å². The molecular weight excluding hydrogens is 240 g/mol. The van der Waals surface area contributed by atoms with E-state index in [0.717, 1.165) is 48.8 Å². The zero-order valence-electron chi connectivity index (χ0n) is 11.2. The lowest BCUT2D eigenvalue weighted by atomic mass is 10.2. The van der Waals surface area contributed by atoms with Crippen molar-refractivity contribution < 1.29 is 4.74 Å². The largest absolute Gasteiger partial charge is 0.399 e. The Balaban J connectivity index is 1.83.